The Morgan fingerprint density at radius 2 is 1.90 bits per heavy atom. The molecule has 204 valence electrons. The average molecular weight is 529 g/mol. The molecule has 3 N–H and O–H groups in total. The number of carboxylic acids is 1. The molecule has 0 bridgehead atoms. The van der Waals surface area contributed by atoms with Crippen molar-refractivity contribution in [3.63, 3.8) is 0 Å². The average Bonchev–Trinajstić information content (AvgIpc) is 3.09. The second-order valence-electron chi connectivity index (χ2n) is 10.5. The van der Waals surface area contributed by atoms with Crippen molar-refractivity contribution in [2.24, 2.45) is 11.7 Å². The summed E-state index contributed by atoms with van der Waals surface area (Å²) in [5.74, 6) is -0.832. The number of likely N-dealkylation sites (tertiary alicyclic amines) is 1. The molecule has 0 radical (unpaired) electrons. The van der Waals surface area contributed by atoms with Gasteiger partial charge >= 0.3 is 5.97 Å². The third kappa shape index (κ3) is 6.82. The van der Waals surface area contributed by atoms with Gasteiger partial charge in [-0.05, 0) is 102 Å². The van der Waals surface area contributed by atoms with Gasteiger partial charge in [0, 0.05) is 25.2 Å². The lowest BCUT2D eigenvalue weighted by molar-refractivity contribution is -0.114. The highest BCUT2D eigenvalue weighted by atomic mass is 19.1. The van der Waals surface area contributed by atoms with E-state index in [0.29, 0.717) is 17.9 Å². The summed E-state index contributed by atoms with van der Waals surface area (Å²) in [4.78, 5) is 25.9. The van der Waals surface area contributed by atoms with E-state index < -0.39 is 11.9 Å². The van der Waals surface area contributed by atoms with Crippen LogP contribution in [0.5, 0.6) is 0 Å². The molecule has 39 heavy (non-hydrogen) atoms. The number of benzene rings is 2. The van der Waals surface area contributed by atoms with Gasteiger partial charge in [-0.3, -0.25) is 9.18 Å². The molecule has 0 spiro atoms. The van der Waals surface area contributed by atoms with Gasteiger partial charge in [0.25, 0.3) is 0 Å². The van der Waals surface area contributed by atoms with E-state index in [1.165, 1.54) is 5.56 Å². The molecule has 0 saturated carbocycles. The summed E-state index contributed by atoms with van der Waals surface area (Å²) in [6.45, 7) is 8.18. The van der Waals surface area contributed by atoms with Crippen LogP contribution in [0, 0.1) is 5.92 Å². The van der Waals surface area contributed by atoms with E-state index in [1.54, 1.807) is 25.1 Å². The number of carboxylic acid groups (broad SMARTS) is 1. The number of aromatic carboxylic acids is 1. The zero-order valence-electron chi connectivity index (χ0n) is 22.6. The van der Waals surface area contributed by atoms with Crippen molar-refractivity contribution in [1.82, 2.24) is 4.90 Å². The minimum atomic E-state index is -0.941. The summed E-state index contributed by atoms with van der Waals surface area (Å²) >= 11 is 0. The molecule has 5 nitrogen and oxygen atoms in total. The van der Waals surface area contributed by atoms with Crippen LogP contribution >= 0.6 is 0 Å². The Morgan fingerprint density at radius 1 is 1.15 bits per heavy atom. The van der Waals surface area contributed by atoms with Crippen LogP contribution in [-0.2, 0) is 17.6 Å². The Bertz CT molecular complexity index is 1330. The van der Waals surface area contributed by atoms with E-state index >= 15 is 0 Å². The zero-order valence-corrected chi connectivity index (χ0v) is 22.6. The lowest BCUT2D eigenvalue weighted by Gasteiger charge is -2.39. The van der Waals surface area contributed by atoms with Gasteiger partial charge < -0.3 is 15.7 Å². The number of hydrogen-bond acceptors (Lipinski definition) is 3. The summed E-state index contributed by atoms with van der Waals surface area (Å²) in [6, 6.07) is 14.0. The number of primary amides is 1. The standard InChI is InChI=1S/C33H37FN2O3/c1-3-6-26(17-22(2)32(35)37)29-8-4-7-27-19-28(33(38)39)13-14-30(27)31(29)25-11-9-23(10-12-25)18-24-20-36(21-24)16-5-15-34/h3,6,9-14,17,19,24H,1,4-5,7-8,15-16,18,20-21H2,2H3,(H2,35,37)(H,38,39)/b22-17+,26-6+. The minimum absolute atomic E-state index is 0.261. The van der Waals surface area contributed by atoms with Crippen LogP contribution in [-0.4, -0.2) is 48.2 Å². The van der Waals surface area contributed by atoms with Gasteiger partial charge in [-0.1, -0.05) is 49.1 Å². The lowest BCUT2D eigenvalue weighted by atomic mass is 9.85. The minimum Gasteiger partial charge on any atom is -0.478 e. The van der Waals surface area contributed by atoms with E-state index in [-0.39, 0.29) is 12.2 Å². The molecule has 1 saturated heterocycles. The predicted octanol–water partition coefficient (Wildman–Crippen LogP) is 5.90. The first-order chi connectivity index (χ1) is 18.8. The molecule has 2 aliphatic rings. The highest BCUT2D eigenvalue weighted by molar-refractivity contribution is 5.94. The van der Waals surface area contributed by atoms with E-state index in [9.17, 15) is 19.1 Å². The Balaban J connectivity index is 1.74. The monoisotopic (exact) mass is 528 g/mol. The number of amides is 1. The molecule has 0 unspecified atom stereocenters. The first-order valence-electron chi connectivity index (χ1n) is 13.6. The number of carbonyl (C=O) groups excluding carboxylic acids is 1. The Morgan fingerprint density at radius 3 is 2.54 bits per heavy atom. The Labute approximate surface area is 230 Å². The van der Waals surface area contributed by atoms with Gasteiger partial charge in [0.15, 0.2) is 0 Å². The van der Waals surface area contributed by atoms with Gasteiger partial charge in [0.2, 0.25) is 5.91 Å². The van der Waals surface area contributed by atoms with E-state index in [2.05, 4.69) is 35.7 Å². The first kappa shape index (κ1) is 28.2. The molecule has 2 aromatic carbocycles. The zero-order chi connectivity index (χ0) is 27.9. The van der Waals surface area contributed by atoms with Crippen LogP contribution < -0.4 is 5.73 Å². The van der Waals surface area contributed by atoms with Crippen molar-refractivity contribution >= 4 is 17.4 Å². The predicted molar refractivity (Wildman–Crippen MR) is 154 cm³/mol. The number of nitrogens with two attached hydrogens (primary N) is 1. The second-order valence-corrected chi connectivity index (χ2v) is 10.5. The molecular weight excluding hydrogens is 491 g/mol. The van der Waals surface area contributed by atoms with E-state index in [4.69, 9.17) is 5.73 Å². The number of nitrogens with zero attached hydrogens (tertiary/aromatic N) is 1. The normalized spacial score (nSPS) is 16.9. The quantitative estimate of drug-likeness (QED) is 0.281. The van der Waals surface area contributed by atoms with Crippen LogP contribution in [0.15, 0.2) is 84.0 Å². The number of fused-ring (bicyclic) bond motifs is 1. The van der Waals surface area contributed by atoms with Crippen molar-refractivity contribution in [2.75, 3.05) is 26.3 Å². The maximum Gasteiger partial charge on any atom is 0.335 e. The molecule has 1 aliphatic carbocycles. The van der Waals surface area contributed by atoms with Crippen LogP contribution in [0.1, 0.15) is 58.8 Å². The molecule has 0 aromatic heterocycles. The van der Waals surface area contributed by atoms with Crippen LogP contribution in [0.3, 0.4) is 0 Å². The first-order valence-corrected chi connectivity index (χ1v) is 13.6. The fraction of sp³-hybridized carbons (Fsp3) is 0.333. The van der Waals surface area contributed by atoms with Gasteiger partial charge in [0.1, 0.15) is 0 Å². The molecule has 0 atom stereocenters. The Kier molecular flexibility index (Phi) is 9.31. The highest BCUT2D eigenvalue weighted by Crippen LogP contribution is 2.39. The molecule has 2 aromatic rings. The third-order valence-corrected chi connectivity index (χ3v) is 7.61. The van der Waals surface area contributed by atoms with Crippen molar-refractivity contribution in [3.8, 4) is 0 Å². The topological polar surface area (TPSA) is 83.6 Å². The summed E-state index contributed by atoms with van der Waals surface area (Å²) < 4.78 is 12.5. The number of carbonyl (C=O) groups is 2. The van der Waals surface area contributed by atoms with Crippen molar-refractivity contribution in [1.29, 1.82) is 0 Å². The molecule has 1 heterocycles. The van der Waals surface area contributed by atoms with Crippen LogP contribution in [0.25, 0.3) is 5.57 Å². The van der Waals surface area contributed by atoms with Crippen LogP contribution in [0.4, 0.5) is 4.39 Å². The SMILES string of the molecule is C=C/C=C(\C=C(/C)C(N)=O)C1=C(c2ccc(CC3CN(CCCF)C3)cc2)c2ccc(C(=O)O)cc2CCC1. The lowest BCUT2D eigenvalue weighted by Crippen LogP contribution is -2.47. The fourth-order valence-electron chi connectivity index (χ4n) is 5.62. The number of alkyl halides is 1. The van der Waals surface area contributed by atoms with E-state index in [1.807, 2.05) is 18.2 Å². The van der Waals surface area contributed by atoms with Crippen molar-refractivity contribution in [3.05, 3.63) is 112 Å². The van der Waals surface area contributed by atoms with E-state index in [0.717, 1.165) is 78.7 Å². The summed E-state index contributed by atoms with van der Waals surface area (Å²) in [7, 11) is 0. The molecule has 1 amide bonds. The molecule has 1 aliphatic heterocycles. The molecule has 6 heteroatoms. The largest absolute Gasteiger partial charge is 0.478 e. The number of rotatable bonds is 11. The third-order valence-electron chi connectivity index (χ3n) is 7.61. The van der Waals surface area contributed by atoms with Gasteiger partial charge in [-0.25, -0.2) is 4.79 Å². The smallest absolute Gasteiger partial charge is 0.335 e. The Hall–Kier alpha value is -3.77. The molecule has 1 fully saturated rings. The van der Waals surface area contributed by atoms with Crippen LogP contribution in [0.2, 0.25) is 0 Å². The maximum absolute atomic E-state index is 12.5. The summed E-state index contributed by atoms with van der Waals surface area (Å²) in [5.41, 5.74) is 13.6. The van der Waals surface area contributed by atoms with Gasteiger partial charge in [-0.15, -0.1) is 0 Å². The molecular formula is C33H37FN2O3. The maximum atomic E-state index is 12.5. The fourth-order valence-corrected chi connectivity index (χ4v) is 5.62. The number of hydrogen-bond donors (Lipinski definition) is 2. The summed E-state index contributed by atoms with van der Waals surface area (Å²) in [5, 5.41) is 9.58. The number of allylic oxidation sites excluding steroid dienone is 5. The molecule has 4 rings (SSSR count). The van der Waals surface area contributed by atoms with Crippen molar-refractivity contribution < 1.29 is 19.1 Å². The van der Waals surface area contributed by atoms with Gasteiger partial charge in [-0.2, -0.15) is 0 Å². The van der Waals surface area contributed by atoms with Crippen molar-refractivity contribution in [2.45, 2.75) is 39.0 Å². The van der Waals surface area contributed by atoms with Gasteiger partial charge in [0.05, 0.1) is 12.2 Å². The second kappa shape index (κ2) is 12.9. The number of aryl methyl sites for hydroxylation is 1. The summed E-state index contributed by atoms with van der Waals surface area (Å²) in [6.07, 6.45) is 9.36. The highest BCUT2D eigenvalue weighted by Gasteiger charge is 2.26. The number of halogens is 1.